The summed E-state index contributed by atoms with van der Waals surface area (Å²) in [5.74, 6) is -0.103. The molecule has 2 N–H and O–H groups in total. The predicted octanol–water partition coefficient (Wildman–Crippen LogP) is 5.85. The number of hydrogen-bond acceptors (Lipinski definition) is 5. The van der Waals surface area contributed by atoms with Gasteiger partial charge in [-0.05, 0) is 69.9 Å². The maximum atomic E-state index is 12.3. The fourth-order valence-electron chi connectivity index (χ4n) is 4.91. The zero-order valence-electron chi connectivity index (χ0n) is 19.9. The number of aliphatic carboxylic acids is 1. The highest BCUT2D eigenvalue weighted by Gasteiger charge is 2.41. The van der Waals surface area contributed by atoms with Crippen molar-refractivity contribution in [1.82, 2.24) is 9.88 Å². The molecule has 0 radical (unpaired) electrons. The lowest BCUT2D eigenvalue weighted by atomic mass is 9.74. The molecule has 0 spiro atoms. The quantitative estimate of drug-likeness (QED) is 0.374. The number of pyridine rings is 1. The molecule has 3 rings (SSSR count). The first-order valence-electron chi connectivity index (χ1n) is 12.2. The minimum absolute atomic E-state index is 0.333. The lowest BCUT2D eigenvalue weighted by Gasteiger charge is -2.39. The average Bonchev–Trinajstić information content (AvgIpc) is 2.82. The van der Waals surface area contributed by atoms with Crippen LogP contribution < -0.4 is 4.74 Å². The smallest absolute Gasteiger partial charge is 0.309 e. The third-order valence-electron chi connectivity index (χ3n) is 7.14. The van der Waals surface area contributed by atoms with Crippen molar-refractivity contribution in [2.24, 2.45) is 5.41 Å². The fraction of sp³-hybridized carbons (Fsp3) is 0.615. The number of carbonyl (C=O) groups is 1. The van der Waals surface area contributed by atoms with Crippen LogP contribution in [0, 0.1) is 5.41 Å². The van der Waals surface area contributed by atoms with Gasteiger partial charge in [0, 0.05) is 17.1 Å². The molecule has 33 heavy (non-hydrogen) atoms. The summed E-state index contributed by atoms with van der Waals surface area (Å²) in [6.07, 6.45) is 8.87. The Morgan fingerprint density at radius 1 is 1.24 bits per heavy atom. The van der Waals surface area contributed by atoms with Gasteiger partial charge in [0.15, 0.2) is 0 Å². The summed E-state index contributed by atoms with van der Waals surface area (Å²) in [7, 11) is 1.59. The summed E-state index contributed by atoms with van der Waals surface area (Å²) < 4.78 is 5.32. The van der Waals surface area contributed by atoms with E-state index in [1.807, 2.05) is 18.2 Å². The molecule has 7 heteroatoms. The van der Waals surface area contributed by atoms with Crippen molar-refractivity contribution in [1.29, 1.82) is 0 Å². The molecule has 1 atom stereocenters. The second-order valence-electron chi connectivity index (χ2n) is 9.30. The van der Waals surface area contributed by atoms with Gasteiger partial charge in [-0.2, -0.15) is 0 Å². The molecule has 182 valence electrons. The minimum atomic E-state index is -0.872. The minimum Gasteiger partial charge on any atom is -0.497 e. The number of rotatable bonds is 12. The molecule has 2 aromatic rings. The Bertz CT molecular complexity index is 928. The van der Waals surface area contributed by atoms with Gasteiger partial charge in [0.05, 0.1) is 29.2 Å². The number of carboxylic acids is 1. The maximum Gasteiger partial charge on any atom is 0.309 e. The van der Waals surface area contributed by atoms with E-state index in [1.165, 1.54) is 32.1 Å². The summed E-state index contributed by atoms with van der Waals surface area (Å²) in [6.45, 7) is 4.86. The number of benzene rings is 1. The lowest BCUT2D eigenvalue weighted by Crippen LogP contribution is -2.44. The average molecular weight is 477 g/mol. The number of aromatic nitrogens is 1. The molecule has 1 fully saturated rings. The monoisotopic (exact) mass is 476 g/mol. The van der Waals surface area contributed by atoms with Crippen LogP contribution in [0.2, 0.25) is 5.02 Å². The van der Waals surface area contributed by atoms with Gasteiger partial charge in [0.2, 0.25) is 0 Å². The first-order valence-corrected chi connectivity index (χ1v) is 12.5. The molecule has 1 aliphatic rings. The number of ether oxygens (including phenoxy) is 1. The van der Waals surface area contributed by atoms with Crippen LogP contribution in [-0.4, -0.2) is 52.8 Å². The number of aliphatic hydroxyl groups excluding tert-OH is 1. The standard InChI is InChI=1S/C26H37ClN2O4/c1-3-4-5-6-7-14-29-15-12-26(13-16-29,25(31)32)11-10-23(30)24-20-17-19(33-2)8-9-22(20)28-18-21(24)27/h8-9,17-18,23,30H,3-7,10-16H2,1-2H3,(H,31,32)/t23-/m0/s1. The molecule has 2 heterocycles. The fourth-order valence-corrected chi connectivity index (χ4v) is 5.18. The molecule has 1 aromatic carbocycles. The Balaban J connectivity index is 1.64. The zero-order valence-corrected chi connectivity index (χ0v) is 20.6. The van der Waals surface area contributed by atoms with E-state index in [-0.39, 0.29) is 0 Å². The van der Waals surface area contributed by atoms with Crippen molar-refractivity contribution in [3.63, 3.8) is 0 Å². The van der Waals surface area contributed by atoms with Gasteiger partial charge in [-0.25, -0.2) is 0 Å². The number of fused-ring (bicyclic) bond motifs is 1. The molecule has 6 nitrogen and oxygen atoms in total. The highest BCUT2D eigenvalue weighted by molar-refractivity contribution is 6.32. The third-order valence-corrected chi connectivity index (χ3v) is 7.44. The van der Waals surface area contributed by atoms with Crippen molar-refractivity contribution >= 4 is 28.5 Å². The summed E-state index contributed by atoms with van der Waals surface area (Å²) in [5.41, 5.74) is 0.507. The summed E-state index contributed by atoms with van der Waals surface area (Å²) in [6, 6.07) is 5.46. The molecular formula is C26H37ClN2O4. The highest BCUT2D eigenvalue weighted by atomic mass is 35.5. The molecule has 0 saturated carbocycles. The normalized spacial score (nSPS) is 17.2. The second-order valence-corrected chi connectivity index (χ2v) is 9.71. The van der Waals surface area contributed by atoms with Crippen molar-refractivity contribution in [2.75, 3.05) is 26.7 Å². The third kappa shape index (κ3) is 6.37. The Morgan fingerprint density at radius 2 is 1.97 bits per heavy atom. The Hall–Kier alpha value is -1.89. The molecule has 1 aliphatic heterocycles. The lowest BCUT2D eigenvalue weighted by molar-refractivity contribution is -0.153. The van der Waals surface area contributed by atoms with Gasteiger partial charge in [0.25, 0.3) is 0 Å². The van der Waals surface area contributed by atoms with E-state index in [9.17, 15) is 15.0 Å². The number of methoxy groups -OCH3 is 1. The molecule has 0 amide bonds. The van der Waals surface area contributed by atoms with Crippen LogP contribution in [0.5, 0.6) is 5.75 Å². The number of carboxylic acid groups (broad SMARTS) is 1. The summed E-state index contributed by atoms with van der Waals surface area (Å²) in [5, 5.41) is 22.3. The van der Waals surface area contributed by atoms with Gasteiger partial charge < -0.3 is 19.8 Å². The van der Waals surface area contributed by atoms with Crippen LogP contribution >= 0.6 is 11.6 Å². The molecule has 1 aromatic heterocycles. The number of aliphatic hydroxyl groups is 1. The van der Waals surface area contributed by atoms with Crippen molar-refractivity contribution < 1.29 is 19.7 Å². The highest BCUT2D eigenvalue weighted by Crippen LogP contribution is 2.41. The van der Waals surface area contributed by atoms with Crippen LogP contribution in [0.15, 0.2) is 24.4 Å². The van der Waals surface area contributed by atoms with E-state index in [0.29, 0.717) is 42.0 Å². The van der Waals surface area contributed by atoms with E-state index in [4.69, 9.17) is 16.3 Å². The Kier molecular flexibility index (Phi) is 9.36. The summed E-state index contributed by atoms with van der Waals surface area (Å²) in [4.78, 5) is 19.0. The molecular weight excluding hydrogens is 440 g/mol. The van der Waals surface area contributed by atoms with Crippen LogP contribution in [0.25, 0.3) is 10.9 Å². The summed E-state index contributed by atoms with van der Waals surface area (Å²) >= 11 is 6.43. The number of unbranched alkanes of at least 4 members (excludes halogenated alkanes) is 4. The predicted molar refractivity (Wildman–Crippen MR) is 132 cm³/mol. The van der Waals surface area contributed by atoms with E-state index in [1.54, 1.807) is 13.3 Å². The van der Waals surface area contributed by atoms with Gasteiger partial charge in [0.1, 0.15) is 5.75 Å². The van der Waals surface area contributed by atoms with Gasteiger partial charge in [-0.1, -0.05) is 44.2 Å². The largest absolute Gasteiger partial charge is 0.497 e. The number of piperidine rings is 1. The molecule has 0 unspecified atom stereocenters. The van der Waals surface area contributed by atoms with Crippen LogP contribution in [0.3, 0.4) is 0 Å². The molecule has 1 saturated heterocycles. The van der Waals surface area contributed by atoms with Gasteiger partial charge in [-0.15, -0.1) is 0 Å². The van der Waals surface area contributed by atoms with Crippen LogP contribution in [0.1, 0.15) is 76.4 Å². The Morgan fingerprint density at radius 3 is 2.64 bits per heavy atom. The number of nitrogens with zero attached hydrogens (tertiary/aromatic N) is 2. The van der Waals surface area contributed by atoms with E-state index >= 15 is 0 Å². The number of halogens is 1. The topological polar surface area (TPSA) is 82.9 Å². The van der Waals surface area contributed by atoms with E-state index in [2.05, 4.69) is 16.8 Å². The first kappa shape index (κ1) is 25.7. The molecule has 0 aliphatic carbocycles. The second kappa shape index (κ2) is 12.0. The van der Waals surface area contributed by atoms with Gasteiger partial charge >= 0.3 is 5.97 Å². The van der Waals surface area contributed by atoms with Crippen molar-refractivity contribution in [3.8, 4) is 5.75 Å². The van der Waals surface area contributed by atoms with Crippen LogP contribution in [0.4, 0.5) is 0 Å². The number of likely N-dealkylation sites (tertiary alicyclic amines) is 1. The molecule has 0 bridgehead atoms. The maximum absolute atomic E-state index is 12.3. The van der Waals surface area contributed by atoms with E-state index < -0.39 is 17.5 Å². The van der Waals surface area contributed by atoms with Crippen molar-refractivity contribution in [2.45, 2.75) is 70.8 Å². The van der Waals surface area contributed by atoms with E-state index in [0.717, 1.165) is 30.5 Å². The SMILES string of the molecule is CCCCCCCN1CCC(CC[C@H](O)c2c(Cl)cnc3ccc(OC)cc23)(C(=O)O)CC1. The Labute approximate surface area is 201 Å². The first-order chi connectivity index (χ1) is 15.9. The number of hydrogen-bond donors (Lipinski definition) is 2. The zero-order chi connectivity index (χ0) is 23.8. The van der Waals surface area contributed by atoms with Gasteiger partial charge in [-0.3, -0.25) is 9.78 Å². The van der Waals surface area contributed by atoms with Crippen LogP contribution in [-0.2, 0) is 4.79 Å². The van der Waals surface area contributed by atoms with Crippen molar-refractivity contribution in [3.05, 3.63) is 35.0 Å².